The van der Waals surface area contributed by atoms with Gasteiger partial charge in [0.2, 0.25) is 5.09 Å². The van der Waals surface area contributed by atoms with Crippen LogP contribution in [0.2, 0.25) is 0 Å². The highest BCUT2D eigenvalue weighted by molar-refractivity contribution is 7.89. The van der Waals surface area contributed by atoms with Crippen molar-refractivity contribution in [2.75, 3.05) is 5.32 Å². The van der Waals surface area contributed by atoms with Crippen LogP contribution in [-0.2, 0) is 16.6 Å². The number of sulfonamides is 1. The number of hydrogen-bond donors (Lipinski definition) is 2. The number of nitrogens with zero attached hydrogens (tertiary/aromatic N) is 1. The van der Waals surface area contributed by atoms with Gasteiger partial charge in [-0.1, -0.05) is 29.5 Å². The molecule has 3 aromatic heterocycles. The van der Waals surface area contributed by atoms with Gasteiger partial charge in [-0.25, -0.2) is 18.1 Å². The number of furan rings is 1. The van der Waals surface area contributed by atoms with E-state index in [4.69, 9.17) is 4.42 Å². The van der Waals surface area contributed by atoms with Crippen molar-refractivity contribution < 1.29 is 17.6 Å². The van der Waals surface area contributed by atoms with E-state index >= 15 is 0 Å². The molecule has 1 aromatic carbocycles. The Morgan fingerprint density at radius 3 is 2.74 bits per heavy atom. The van der Waals surface area contributed by atoms with E-state index in [1.807, 2.05) is 41.8 Å². The van der Waals surface area contributed by atoms with Crippen LogP contribution in [0.15, 0.2) is 63.4 Å². The fraction of sp³-hybridized carbons (Fsp3) is 0.0588. The third-order valence-corrected chi connectivity index (χ3v) is 6.70. The van der Waals surface area contributed by atoms with Gasteiger partial charge in [0.15, 0.2) is 10.9 Å². The molecule has 4 rings (SSSR count). The van der Waals surface area contributed by atoms with Crippen molar-refractivity contribution in [3.05, 3.63) is 64.5 Å². The molecule has 0 atom stereocenters. The molecule has 0 fully saturated rings. The molecule has 0 aliphatic carbocycles. The Bertz CT molecular complexity index is 1160. The normalized spacial score (nSPS) is 11.7. The number of amides is 1. The minimum absolute atomic E-state index is 0.106. The monoisotopic (exact) mass is 419 g/mol. The Balaban J connectivity index is 1.46. The number of thiophene rings is 1. The van der Waals surface area contributed by atoms with Gasteiger partial charge in [0.25, 0.3) is 15.9 Å². The second-order valence-corrected chi connectivity index (χ2v) is 9.22. The summed E-state index contributed by atoms with van der Waals surface area (Å²) < 4.78 is 33.2. The van der Waals surface area contributed by atoms with E-state index in [0.29, 0.717) is 5.13 Å². The summed E-state index contributed by atoms with van der Waals surface area (Å²) in [7, 11) is -3.85. The molecule has 2 N–H and O–H groups in total. The second-order valence-electron chi connectivity index (χ2n) is 5.46. The summed E-state index contributed by atoms with van der Waals surface area (Å²) in [5.41, 5.74) is 0.776. The average Bonchev–Trinajstić information content (AvgIpc) is 3.38. The summed E-state index contributed by atoms with van der Waals surface area (Å²) in [5.74, 6) is -0.667. The molecular formula is C17H13N3O4S3. The number of benzene rings is 1. The Labute approximate surface area is 162 Å². The van der Waals surface area contributed by atoms with Crippen molar-refractivity contribution in [2.24, 2.45) is 0 Å². The highest BCUT2D eigenvalue weighted by Gasteiger charge is 2.21. The van der Waals surface area contributed by atoms with E-state index < -0.39 is 15.9 Å². The minimum atomic E-state index is -3.85. The van der Waals surface area contributed by atoms with Crippen molar-refractivity contribution in [1.82, 2.24) is 9.71 Å². The minimum Gasteiger partial charge on any atom is -0.438 e. The maximum Gasteiger partial charge on any atom is 0.293 e. The first-order chi connectivity index (χ1) is 13.0. The van der Waals surface area contributed by atoms with Gasteiger partial charge in [0, 0.05) is 11.4 Å². The lowest BCUT2D eigenvalue weighted by Crippen LogP contribution is -2.22. The molecule has 10 heteroatoms. The molecule has 0 spiro atoms. The number of para-hydroxylation sites is 1. The molecule has 3 heterocycles. The van der Waals surface area contributed by atoms with Crippen LogP contribution in [0.1, 0.15) is 15.4 Å². The lowest BCUT2D eigenvalue weighted by molar-refractivity contribution is 0.0991. The lowest BCUT2D eigenvalue weighted by Gasteiger charge is -2.02. The Hall–Kier alpha value is -2.53. The molecule has 7 nitrogen and oxygen atoms in total. The second kappa shape index (κ2) is 7.24. The smallest absolute Gasteiger partial charge is 0.293 e. The molecule has 0 unspecified atom stereocenters. The van der Waals surface area contributed by atoms with E-state index in [2.05, 4.69) is 15.0 Å². The third kappa shape index (κ3) is 3.93. The fourth-order valence-corrected chi connectivity index (χ4v) is 4.85. The van der Waals surface area contributed by atoms with Gasteiger partial charge in [-0.3, -0.25) is 10.1 Å². The molecule has 0 bridgehead atoms. The van der Waals surface area contributed by atoms with E-state index in [-0.39, 0.29) is 17.4 Å². The zero-order valence-electron chi connectivity index (χ0n) is 13.7. The van der Waals surface area contributed by atoms with Gasteiger partial charge in [-0.05, 0) is 35.7 Å². The topological polar surface area (TPSA) is 101 Å². The molecule has 0 radical (unpaired) electrons. The predicted molar refractivity (Wildman–Crippen MR) is 105 cm³/mol. The molecule has 0 saturated heterocycles. The number of aromatic nitrogens is 1. The van der Waals surface area contributed by atoms with Crippen molar-refractivity contribution in [1.29, 1.82) is 0 Å². The fourth-order valence-electron chi connectivity index (χ4n) is 2.32. The first-order valence-electron chi connectivity index (χ1n) is 7.80. The largest absolute Gasteiger partial charge is 0.438 e. The van der Waals surface area contributed by atoms with E-state index in [9.17, 15) is 13.2 Å². The summed E-state index contributed by atoms with van der Waals surface area (Å²) in [6.07, 6.45) is 0. The average molecular weight is 420 g/mol. The number of carbonyl (C=O) groups is 1. The lowest BCUT2D eigenvalue weighted by atomic mass is 10.3. The zero-order chi connectivity index (χ0) is 18.9. The summed E-state index contributed by atoms with van der Waals surface area (Å²) in [4.78, 5) is 17.5. The van der Waals surface area contributed by atoms with Crippen LogP contribution in [0, 0.1) is 0 Å². The third-order valence-electron chi connectivity index (χ3n) is 3.60. The molecular weight excluding hydrogens is 406 g/mol. The molecule has 0 aliphatic heterocycles. The first-order valence-corrected chi connectivity index (χ1v) is 11.0. The van der Waals surface area contributed by atoms with Crippen LogP contribution in [0.3, 0.4) is 0 Å². The van der Waals surface area contributed by atoms with Crippen LogP contribution in [0.25, 0.3) is 10.2 Å². The maximum absolute atomic E-state index is 12.3. The van der Waals surface area contributed by atoms with Crippen molar-refractivity contribution in [2.45, 2.75) is 11.6 Å². The molecule has 138 valence electrons. The standard InChI is InChI=1S/C17H13N3O4S3/c21-16(20-17-19-12-5-1-2-6-14(12)26-17)13-7-8-15(24-13)27(22,23)18-10-11-4-3-9-25-11/h1-9,18H,10H2,(H,19,20,21). The number of rotatable bonds is 6. The van der Waals surface area contributed by atoms with Gasteiger partial charge in [0.05, 0.1) is 10.2 Å². The number of carbonyl (C=O) groups excluding carboxylic acids is 1. The number of hydrogen-bond acceptors (Lipinski definition) is 7. The van der Waals surface area contributed by atoms with E-state index in [0.717, 1.165) is 15.1 Å². The zero-order valence-corrected chi connectivity index (χ0v) is 16.2. The molecule has 0 saturated carbocycles. The van der Waals surface area contributed by atoms with Gasteiger partial charge in [-0.2, -0.15) is 0 Å². The maximum atomic E-state index is 12.3. The van der Waals surface area contributed by atoms with Crippen molar-refractivity contribution >= 4 is 54.0 Å². The van der Waals surface area contributed by atoms with Crippen LogP contribution in [-0.4, -0.2) is 19.3 Å². The molecule has 4 aromatic rings. The number of anilines is 1. The van der Waals surface area contributed by atoms with E-state index in [1.54, 1.807) is 0 Å². The predicted octanol–water partition coefficient (Wildman–Crippen LogP) is 3.68. The van der Waals surface area contributed by atoms with Crippen LogP contribution < -0.4 is 10.0 Å². The molecule has 0 aliphatic rings. The van der Waals surface area contributed by atoms with Crippen LogP contribution >= 0.6 is 22.7 Å². The highest BCUT2D eigenvalue weighted by atomic mass is 32.2. The summed E-state index contributed by atoms with van der Waals surface area (Å²) in [5, 5.41) is 4.59. The van der Waals surface area contributed by atoms with Gasteiger partial charge in [0.1, 0.15) is 0 Å². The summed E-state index contributed by atoms with van der Waals surface area (Å²) in [6.45, 7) is 0.161. The summed E-state index contributed by atoms with van der Waals surface area (Å²) in [6, 6.07) is 13.7. The Morgan fingerprint density at radius 2 is 1.96 bits per heavy atom. The molecule has 1 amide bonds. The van der Waals surface area contributed by atoms with Gasteiger partial charge in [-0.15, -0.1) is 11.3 Å². The van der Waals surface area contributed by atoms with Crippen LogP contribution in [0.5, 0.6) is 0 Å². The van der Waals surface area contributed by atoms with Gasteiger partial charge < -0.3 is 4.42 Å². The van der Waals surface area contributed by atoms with E-state index in [1.165, 1.54) is 34.8 Å². The number of fused-ring (bicyclic) bond motifs is 1. The van der Waals surface area contributed by atoms with Crippen molar-refractivity contribution in [3.63, 3.8) is 0 Å². The Kier molecular flexibility index (Phi) is 4.79. The highest BCUT2D eigenvalue weighted by Crippen LogP contribution is 2.26. The summed E-state index contributed by atoms with van der Waals surface area (Å²) >= 11 is 2.77. The van der Waals surface area contributed by atoms with Crippen LogP contribution in [0.4, 0.5) is 5.13 Å². The quantitative estimate of drug-likeness (QED) is 0.496. The number of nitrogens with one attached hydrogen (secondary N) is 2. The first kappa shape index (κ1) is 17.9. The number of thiazole rings is 1. The SMILES string of the molecule is O=C(Nc1nc2ccccc2s1)c1ccc(S(=O)(=O)NCc2cccs2)o1. The van der Waals surface area contributed by atoms with Crippen molar-refractivity contribution in [3.8, 4) is 0 Å². The Morgan fingerprint density at radius 1 is 1.11 bits per heavy atom. The van der Waals surface area contributed by atoms with Gasteiger partial charge >= 0.3 is 0 Å². The molecule has 27 heavy (non-hydrogen) atoms.